The molecule has 1 heterocycles. The lowest BCUT2D eigenvalue weighted by Gasteiger charge is -2.14. The van der Waals surface area contributed by atoms with Crippen molar-refractivity contribution in [3.8, 4) is 11.5 Å². The van der Waals surface area contributed by atoms with E-state index in [9.17, 15) is 4.79 Å². The van der Waals surface area contributed by atoms with Gasteiger partial charge in [0.25, 0.3) is 0 Å². The van der Waals surface area contributed by atoms with Crippen LogP contribution in [-0.4, -0.2) is 18.7 Å². The van der Waals surface area contributed by atoms with Gasteiger partial charge in [0.05, 0.1) is 6.04 Å². The molecule has 0 radical (unpaired) electrons. The van der Waals surface area contributed by atoms with Crippen LogP contribution in [0, 0.1) is 5.92 Å². The van der Waals surface area contributed by atoms with Crippen LogP contribution < -0.4 is 20.5 Å². The van der Waals surface area contributed by atoms with Gasteiger partial charge in [0.15, 0.2) is 11.5 Å². The second-order valence-corrected chi connectivity index (χ2v) is 4.79. The summed E-state index contributed by atoms with van der Waals surface area (Å²) in [7, 11) is 0. The Morgan fingerprint density at radius 1 is 1.37 bits per heavy atom. The van der Waals surface area contributed by atoms with Crippen LogP contribution >= 0.6 is 12.4 Å². The second kappa shape index (κ2) is 6.63. The number of nitrogens with two attached hydrogens (primary N) is 1. The average Bonchev–Trinajstić information content (AvgIpc) is 2.75. The molecule has 1 amide bonds. The molecule has 19 heavy (non-hydrogen) atoms. The van der Waals surface area contributed by atoms with Crippen molar-refractivity contribution in [2.24, 2.45) is 11.7 Å². The first kappa shape index (κ1) is 15.6. The zero-order valence-corrected chi connectivity index (χ0v) is 11.8. The van der Waals surface area contributed by atoms with Gasteiger partial charge in [-0.2, -0.15) is 0 Å². The molecule has 1 atom stereocenters. The molecule has 2 rings (SSSR count). The third-order valence-corrected chi connectivity index (χ3v) is 2.70. The van der Waals surface area contributed by atoms with Gasteiger partial charge in [-0.1, -0.05) is 13.8 Å². The van der Waals surface area contributed by atoms with E-state index in [0.29, 0.717) is 29.5 Å². The first-order chi connectivity index (χ1) is 8.56. The molecular formula is C13H19ClN2O3. The molecule has 0 fully saturated rings. The summed E-state index contributed by atoms with van der Waals surface area (Å²) < 4.78 is 10.4. The number of hydrogen-bond donors (Lipinski definition) is 2. The van der Waals surface area contributed by atoms with Crippen molar-refractivity contribution in [3.05, 3.63) is 18.2 Å². The van der Waals surface area contributed by atoms with E-state index in [4.69, 9.17) is 15.2 Å². The molecule has 3 N–H and O–H groups in total. The zero-order valence-electron chi connectivity index (χ0n) is 11.0. The molecule has 1 aliphatic heterocycles. The van der Waals surface area contributed by atoms with Crippen LogP contribution in [0.3, 0.4) is 0 Å². The minimum atomic E-state index is -0.490. The molecule has 1 aromatic rings. The van der Waals surface area contributed by atoms with E-state index in [1.165, 1.54) is 0 Å². The quantitative estimate of drug-likeness (QED) is 0.889. The molecular weight excluding hydrogens is 268 g/mol. The Morgan fingerprint density at radius 2 is 2.05 bits per heavy atom. The number of rotatable bonds is 4. The molecule has 0 saturated heterocycles. The smallest absolute Gasteiger partial charge is 0.241 e. The number of halogens is 1. The summed E-state index contributed by atoms with van der Waals surface area (Å²) in [5.41, 5.74) is 6.48. The predicted octanol–water partition coefficient (Wildman–Crippen LogP) is 2.15. The molecule has 5 nitrogen and oxygen atoms in total. The lowest BCUT2D eigenvalue weighted by Crippen LogP contribution is -2.36. The normalized spacial score (nSPS) is 13.9. The molecule has 106 valence electrons. The monoisotopic (exact) mass is 286 g/mol. The van der Waals surface area contributed by atoms with Gasteiger partial charge < -0.3 is 20.5 Å². The van der Waals surface area contributed by atoms with Crippen LogP contribution in [0.5, 0.6) is 11.5 Å². The van der Waals surface area contributed by atoms with Crippen molar-refractivity contribution in [1.82, 2.24) is 0 Å². The van der Waals surface area contributed by atoms with Crippen molar-refractivity contribution in [1.29, 1.82) is 0 Å². The minimum absolute atomic E-state index is 0. The van der Waals surface area contributed by atoms with Crippen LogP contribution in [0.1, 0.15) is 20.3 Å². The molecule has 0 aliphatic carbocycles. The molecule has 0 saturated carbocycles. The number of amides is 1. The minimum Gasteiger partial charge on any atom is -0.454 e. The molecule has 0 spiro atoms. The van der Waals surface area contributed by atoms with E-state index in [1.807, 2.05) is 13.8 Å². The highest BCUT2D eigenvalue weighted by molar-refractivity contribution is 5.94. The molecule has 1 aliphatic rings. The summed E-state index contributed by atoms with van der Waals surface area (Å²) in [6.45, 7) is 4.29. The van der Waals surface area contributed by atoms with Gasteiger partial charge in [-0.25, -0.2) is 0 Å². The number of carbonyl (C=O) groups is 1. The summed E-state index contributed by atoms with van der Waals surface area (Å²) in [6.07, 6.45) is 0.663. The number of fused-ring (bicyclic) bond motifs is 1. The van der Waals surface area contributed by atoms with Crippen molar-refractivity contribution >= 4 is 24.0 Å². The van der Waals surface area contributed by atoms with E-state index in [-0.39, 0.29) is 25.1 Å². The van der Waals surface area contributed by atoms with Crippen LogP contribution in [0.15, 0.2) is 18.2 Å². The van der Waals surface area contributed by atoms with E-state index in [0.717, 1.165) is 0 Å². The largest absolute Gasteiger partial charge is 0.454 e. The Kier molecular flexibility index (Phi) is 5.44. The van der Waals surface area contributed by atoms with Gasteiger partial charge in [-0.05, 0) is 24.5 Å². The number of ether oxygens (including phenoxy) is 2. The zero-order chi connectivity index (χ0) is 13.1. The van der Waals surface area contributed by atoms with Crippen molar-refractivity contribution in [3.63, 3.8) is 0 Å². The molecule has 6 heteroatoms. The van der Waals surface area contributed by atoms with Gasteiger partial charge in [0, 0.05) is 11.8 Å². The van der Waals surface area contributed by atoms with E-state index in [1.54, 1.807) is 18.2 Å². The summed E-state index contributed by atoms with van der Waals surface area (Å²) in [5, 5.41) is 2.78. The topological polar surface area (TPSA) is 73.6 Å². The highest BCUT2D eigenvalue weighted by atomic mass is 35.5. The SMILES string of the molecule is CC(C)C[C@H](N)C(=O)Nc1ccc2c(c1)OCO2.Cl. The molecule has 0 bridgehead atoms. The highest BCUT2D eigenvalue weighted by Crippen LogP contribution is 2.34. The third kappa shape index (κ3) is 4.01. The van der Waals surface area contributed by atoms with Gasteiger partial charge in [-0.3, -0.25) is 4.79 Å². The van der Waals surface area contributed by atoms with Crippen LogP contribution in [0.25, 0.3) is 0 Å². The summed E-state index contributed by atoms with van der Waals surface area (Å²) in [5.74, 6) is 1.55. The van der Waals surface area contributed by atoms with Crippen LogP contribution in [0.2, 0.25) is 0 Å². The van der Waals surface area contributed by atoms with Crippen molar-refractivity contribution < 1.29 is 14.3 Å². The number of hydrogen-bond acceptors (Lipinski definition) is 4. The standard InChI is InChI=1S/C13H18N2O3.ClH/c1-8(2)5-10(14)13(16)15-9-3-4-11-12(6-9)18-7-17-11;/h3-4,6,8,10H,5,7,14H2,1-2H3,(H,15,16);1H/t10-;/m0./s1. The maximum absolute atomic E-state index is 11.8. The Hall–Kier alpha value is -1.46. The van der Waals surface area contributed by atoms with Crippen LogP contribution in [0.4, 0.5) is 5.69 Å². The predicted molar refractivity (Wildman–Crippen MR) is 75.9 cm³/mol. The van der Waals surface area contributed by atoms with Gasteiger partial charge >= 0.3 is 0 Å². The van der Waals surface area contributed by atoms with E-state index >= 15 is 0 Å². The first-order valence-corrected chi connectivity index (χ1v) is 6.02. The second-order valence-electron chi connectivity index (χ2n) is 4.79. The number of benzene rings is 1. The van der Waals surface area contributed by atoms with E-state index in [2.05, 4.69) is 5.32 Å². The van der Waals surface area contributed by atoms with Gasteiger partial charge in [0.1, 0.15) is 0 Å². The summed E-state index contributed by atoms with van der Waals surface area (Å²) in [4.78, 5) is 11.8. The highest BCUT2D eigenvalue weighted by Gasteiger charge is 2.17. The van der Waals surface area contributed by atoms with Crippen molar-refractivity contribution in [2.45, 2.75) is 26.3 Å². The summed E-state index contributed by atoms with van der Waals surface area (Å²) >= 11 is 0. The molecule has 0 unspecified atom stereocenters. The lowest BCUT2D eigenvalue weighted by molar-refractivity contribution is -0.117. The summed E-state index contributed by atoms with van der Waals surface area (Å²) in [6, 6.07) is 4.79. The Balaban J connectivity index is 0.00000180. The fourth-order valence-corrected chi connectivity index (χ4v) is 1.82. The van der Waals surface area contributed by atoms with Gasteiger partial charge in [0.2, 0.25) is 12.7 Å². The first-order valence-electron chi connectivity index (χ1n) is 6.02. The molecule has 1 aromatic carbocycles. The Labute approximate surface area is 118 Å². The number of anilines is 1. The average molecular weight is 287 g/mol. The fraction of sp³-hybridized carbons (Fsp3) is 0.462. The maximum atomic E-state index is 11.8. The number of nitrogens with one attached hydrogen (secondary N) is 1. The van der Waals surface area contributed by atoms with Crippen LogP contribution in [-0.2, 0) is 4.79 Å². The fourth-order valence-electron chi connectivity index (χ4n) is 1.82. The Bertz CT molecular complexity index is 452. The van der Waals surface area contributed by atoms with Gasteiger partial charge in [-0.15, -0.1) is 12.4 Å². The van der Waals surface area contributed by atoms with E-state index < -0.39 is 6.04 Å². The lowest BCUT2D eigenvalue weighted by atomic mass is 10.0. The molecule has 0 aromatic heterocycles. The van der Waals surface area contributed by atoms with Crippen molar-refractivity contribution in [2.75, 3.05) is 12.1 Å². The Morgan fingerprint density at radius 3 is 2.74 bits per heavy atom. The third-order valence-electron chi connectivity index (χ3n) is 2.70. The maximum Gasteiger partial charge on any atom is 0.241 e. The number of carbonyl (C=O) groups excluding carboxylic acids is 1.